The third-order valence-electron chi connectivity index (χ3n) is 2.89. The number of benzene rings is 1. The normalized spacial score (nSPS) is 14.3. The van der Waals surface area contributed by atoms with Gasteiger partial charge >= 0.3 is 0 Å². The Morgan fingerprint density at radius 1 is 1.44 bits per heavy atom. The molecule has 5 nitrogen and oxygen atoms in total. The standard InChI is InChI=1S/C13H18N2O3/c1-9(6-14-2)13(16)15-7-10-4-3-5-11-12(10)18-8-17-11/h3-5,9,14H,6-8H2,1-2H3,(H,15,16). The molecular formula is C13H18N2O3. The summed E-state index contributed by atoms with van der Waals surface area (Å²) in [7, 11) is 1.83. The molecule has 1 aromatic carbocycles. The van der Waals surface area contributed by atoms with E-state index in [4.69, 9.17) is 9.47 Å². The lowest BCUT2D eigenvalue weighted by Gasteiger charge is -2.12. The third kappa shape index (κ3) is 2.73. The zero-order valence-electron chi connectivity index (χ0n) is 10.7. The number of hydrogen-bond donors (Lipinski definition) is 2. The summed E-state index contributed by atoms with van der Waals surface area (Å²) >= 11 is 0. The highest BCUT2D eigenvalue weighted by molar-refractivity contribution is 5.78. The second-order valence-electron chi connectivity index (χ2n) is 4.33. The molecule has 5 heteroatoms. The molecule has 1 aliphatic heterocycles. The predicted molar refractivity (Wildman–Crippen MR) is 67.5 cm³/mol. The summed E-state index contributed by atoms with van der Waals surface area (Å²) in [5.41, 5.74) is 0.940. The second-order valence-corrected chi connectivity index (χ2v) is 4.33. The first-order chi connectivity index (χ1) is 8.72. The Bertz CT molecular complexity index is 434. The number of para-hydroxylation sites is 1. The Balaban J connectivity index is 1.95. The first-order valence-electron chi connectivity index (χ1n) is 6.02. The van der Waals surface area contributed by atoms with Gasteiger partial charge in [0, 0.05) is 24.6 Å². The van der Waals surface area contributed by atoms with Gasteiger partial charge in [-0.3, -0.25) is 4.79 Å². The zero-order valence-corrected chi connectivity index (χ0v) is 10.7. The zero-order chi connectivity index (χ0) is 13.0. The molecule has 1 aromatic rings. The summed E-state index contributed by atoms with van der Waals surface area (Å²) in [4.78, 5) is 11.8. The lowest BCUT2D eigenvalue weighted by atomic mass is 10.1. The van der Waals surface area contributed by atoms with Crippen molar-refractivity contribution in [3.63, 3.8) is 0 Å². The van der Waals surface area contributed by atoms with Crippen molar-refractivity contribution in [2.45, 2.75) is 13.5 Å². The highest BCUT2D eigenvalue weighted by Gasteiger charge is 2.18. The van der Waals surface area contributed by atoms with E-state index in [0.717, 1.165) is 17.1 Å². The number of hydrogen-bond acceptors (Lipinski definition) is 4. The van der Waals surface area contributed by atoms with Crippen LogP contribution in [0.15, 0.2) is 18.2 Å². The minimum atomic E-state index is -0.0519. The van der Waals surface area contributed by atoms with Crippen molar-refractivity contribution in [2.24, 2.45) is 5.92 Å². The van der Waals surface area contributed by atoms with E-state index in [1.54, 1.807) is 0 Å². The van der Waals surface area contributed by atoms with E-state index < -0.39 is 0 Å². The van der Waals surface area contributed by atoms with Gasteiger partial charge in [0.2, 0.25) is 12.7 Å². The summed E-state index contributed by atoms with van der Waals surface area (Å²) < 4.78 is 10.7. The van der Waals surface area contributed by atoms with Gasteiger partial charge in [-0.05, 0) is 13.1 Å². The number of rotatable bonds is 5. The van der Waals surface area contributed by atoms with Gasteiger partial charge in [-0.25, -0.2) is 0 Å². The summed E-state index contributed by atoms with van der Waals surface area (Å²) in [6.45, 7) is 3.26. The molecule has 1 heterocycles. The maximum Gasteiger partial charge on any atom is 0.231 e. The van der Waals surface area contributed by atoms with Crippen molar-refractivity contribution < 1.29 is 14.3 Å². The average molecular weight is 250 g/mol. The van der Waals surface area contributed by atoms with Crippen molar-refractivity contribution in [3.05, 3.63) is 23.8 Å². The SMILES string of the molecule is CNCC(C)C(=O)NCc1cccc2c1OCO2. The molecule has 0 radical (unpaired) electrons. The Hall–Kier alpha value is -1.75. The van der Waals surface area contributed by atoms with Crippen LogP contribution in [0.1, 0.15) is 12.5 Å². The molecule has 0 spiro atoms. The van der Waals surface area contributed by atoms with Crippen LogP contribution in [0.4, 0.5) is 0 Å². The number of carbonyl (C=O) groups is 1. The Labute approximate surface area is 106 Å². The van der Waals surface area contributed by atoms with Crippen molar-refractivity contribution in [2.75, 3.05) is 20.4 Å². The quantitative estimate of drug-likeness (QED) is 0.814. The van der Waals surface area contributed by atoms with Crippen LogP contribution < -0.4 is 20.1 Å². The molecule has 1 amide bonds. The Morgan fingerprint density at radius 2 is 2.28 bits per heavy atom. The lowest BCUT2D eigenvalue weighted by molar-refractivity contribution is -0.124. The molecule has 98 valence electrons. The number of nitrogens with one attached hydrogen (secondary N) is 2. The smallest absolute Gasteiger partial charge is 0.231 e. The maximum atomic E-state index is 11.8. The van der Waals surface area contributed by atoms with Crippen molar-refractivity contribution >= 4 is 5.91 Å². The van der Waals surface area contributed by atoms with Gasteiger partial charge in [0.15, 0.2) is 11.5 Å². The number of fused-ring (bicyclic) bond motifs is 1. The van der Waals surface area contributed by atoms with Gasteiger partial charge in [-0.15, -0.1) is 0 Å². The first kappa shape index (κ1) is 12.7. The molecule has 0 bridgehead atoms. The number of amides is 1. The first-order valence-corrected chi connectivity index (χ1v) is 6.02. The molecule has 0 aromatic heterocycles. The van der Waals surface area contributed by atoms with Gasteiger partial charge < -0.3 is 20.1 Å². The molecule has 1 unspecified atom stereocenters. The molecule has 1 aliphatic rings. The van der Waals surface area contributed by atoms with Crippen molar-refractivity contribution in [1.82, 2.24) is 10.6 Å². The fourth-order valence-electron chi connectivity index (χ4n) is 1.89. The van der Waals surface area contributed by atoms with Crippen molar-refractivity contribution in [1.29, 1.82) is 0 Å². The maximum absolute atomic E-state index is 11.8. The lowest BCUT2D eigenvalue weighted by Crippen LogP contribution is -2.33. The van der Waals surface area contributed by atoms with Crippen LogP contribution >= 0.6 is 0 Å². The van der Waals surface area contributed by atoms with Crippen LogP contribution in [0.2, 0.25) is 0 Å². The van der Waals surface area contributed by atoms with Gasteiger partial charge in [-0.2, -0.15) is 0 Å². The van der Waals surface area contributed by atoms with E-state index in [-0.39, 0.29) is 18.6 Å². The van der Waals surface area contributed by atoms with Crippen LogP contribution in [-0.4, -0.2) is 26.3 Å². The molecule has 2 rings (SSSR count). The van der Waals surface area contributed by atoms with Crippen LogP contribution in [0.3, 0.4) is 0 Å². The van der Waals surface area contributed by atoms with Crippen LogP contribution in [-0.2, 0) is 11.3 Å². The van der Waals surface area contributed by atoms with E-state index in [0.29, 0.717) is 13.1 Å². The number of ether oxygens (including phenoxy) is 2. The van der Waals surface area contributed by atoms with Gasteiger partial charge in [-0.1, -0.05) is 19.1 Å². The molecule has 2 N–H and O–H groups in total. The van der Waals surface area contributed by atoms with Gasteiger partial charge in [0.1, 0.15) is 0 Å². The van der Waals surface area contributed by atoms with E-state index >= 15 is 0 Å². The Kier molecular flexibility index (Phi) is 4.04. The summed E-state index contributed by atoms with van der Waals surface area (Å²) in [6.07, 6.45) is 0. The largest absolute Gasteiger partial charge is 0.454 e. The Morgan fingerprint density at radius 3 is 3.06 bits per heavy atom. The van der Waals surface area contributed by atoms with Crippen LogP contribution in [0.25, 0.3) is 0 Å². The van der Waals surface area contributed by atoms with Gasteiger partial charge in [0.05, 0.1) is 0 Å². The molecular weight excluding hydrogens is 232 g/mol. The van der Waals surface area contributed by atoms with Crippen molar-refractivity contribution in [3.8, 4) is 11.5 Å². The molecule has 0 aliphatic carbocycles. The van der Waals surface area contributed by atoms with E-state index in [1.165, 1.54) is 0 Å². The second kappa shape index (κ2) is 5.73. The van der Waals surface area contributed by atoms with Crippen LogP contribution in [0, 0.1) is 5.92 Å². The molecule has 0 saturated heterocycles. The predicted octanol–water partition coefficient (Wildman–Crippen LogP) is 0.887. The number of carbonyl (C=O) groups excluding carboxylic acids is 1. The summed E-state index contributed by atoms with van der Waals surface area (Å²) in [5.74, 6) is 1.45. The highest BCUT2D eigenvalue weighted by Crippen LogP contribution is 2.35. The van der Waals surface area contributed by atoms with Gasteiger partial charge in [0.25, 0.3) is 0 Å². The molecule has 1 atom stereocenters. The van der Waals surface area contributed by atoms with E-state index in [2.05, 4.69) is 10.6 Å². The topological polar surface area (TPSA) is 59.6 Å². The minimum Gasteiger partial charge on any atom is -0.454 e. The third-order valence-corrected chi connectivity index (χ3v) is 2.89. The molecule has 0 saturated carbocycles. The average Bonchev–Trinajstić information content (AvgIpc) is 2.84. The molecule has 0 fully saturated rings. The van der Waals surface area contributed by atoms with Crippen LogP contribution in [0.5, 0.6) is 11.5 Å². The molecule has 18 heavy (non-hydrogen) atoms. The van der Waals surface area contributed by atoms with E-state index in [9.17, 15) is 4.79 Å². The monoisotopic (exact) mass is 250 g/mol. The minimum absolute atomic E-state index is 0.0286. The highest BCUT2D eigenvalue weighted by atomic mass is 16.7. The fraction of sp³-hybridized carbons (Fsp3) is 0.462. The summed E-state index contributed by atoms with van der Waals surface area (Å²) in [5, 5.41) is 5.88. The summed E-state index contributed by atoms with van der Waals surface area (Å²) in [6, 6.07) is 5.68. The fourth-order valence-corrected chi connectivity index (χ4v) is 1.89. The van der Waals surface area contributed by atoms with E-state index in [1.807, 2.05) is 32.2 Å².